The second-order valence-corrected chi connectivity index (χ2v) is 7.65. The summed E-state index contributed by atoms with van der Waals surface area (Å²) in [6.07, 6.45) is 0.612. The summed E-state index contributed by atoms with van der Waals surface area (Å²) in [6.45, 7) is 0. The van der Waals surface area contributed by atoms with E-state index in [2.05, 4.69) is 15.4 Å². The van der Waals surface area contributed by atoms with E-state index < -0.39 is 0 Å². The van der Waals surface area contributed by atoms with E-state index >= 15 is 0 Å². The van der Waals surface area contributed by atoms with Gasteiger partial charge >= 0.3 is 0 Å². The molecule has 1 aliphatic rings. The Morgan fingerprint density at radius 3 is 2.46 bits per heavy atom. The van der Waals surface area contributed by atoms with Crippen LogP contribution in [0.25, 0.3) is 0 Å². The quantitative estimate of drug-likeness (QED) is 0.555. The van der Waals surface area contributed by atoms with Crippen molar-refractivity contribution in [2.75, 3.05) is 11.1 Å². The topological polar surface area (TPSA) is 68.8 Å². The summed E-state index contributed by atoms with van der Waals surface area (Å²) in [5.74, 6) is 0.703. The van der Waals surface area contributed by atoms with Crippen molar-refractivity contribution in [2.24, 2.45) is 0 Å². The first kappa shape index (κ1) is 17.7. The molecule has 134 valence electrons. The van der Waals surface area contributed by atoms with Gasteiger partial charge in [-0.2, -0.15) is 4.98 Å². The number of aromatic nitrogens is 3. The highest BCUT2D eigenvalue weighted by molar-refractivity contribution is 6.36. The highest BCUT2D eigenvalue weighted by atomic mass is 35.5. The average Bonchev–Trinajstić information content (AvgIpc) is 2.94. The molecule has 0 spiro atoms. The predicted octanol–water partition coefficient (Wildman–Crippen LogP) is 5.62. The molecule has 2 heterocycles. The zero-order valence-corrected chi connectivity index (χ0v) is 16.3. The minimum atomic E-state index is -0.242. The van der Waals surface area contributed by atoms with Gasteiger partial charge in [-0.1, -0.05) is 58.5 Å². The molecule has 1 aromatic heterocycles. The third kappa shape index (κ3) is 3.09. The van der Waals surface area contributed by atoms with Crippen molar-refractivity contribution in [3.05, 3.63) is 67.6 Å². The minimum absolute atomic E-state index is 0.131. The van der Waals surface area contributed by atoms with Gasteiger partial charge < -0.3 is 11.1 Å². The maximum atomic E-state index is 6.44. The standard InChI is InChI=1S/C17H13Cl4N5/c18-8-4-5-9(12(21)6-8)13-7-14(15-10(19)2-1-3-11(15)20)26-17(23-13)24-16(22)25-26/h1-6,13-14H,7H2,(H3,22,23,24,25). The monoisotopic (exact) mass is 427 g/mol. The lowest BCUT2D eigenvalue weighted by Gasteiger charge is -2.32. The molecule has 5 nitrogen and oxygen atoms in total. The molecule has 2 atom stereocenters. The van der Waals surface area contributed by atoms with Crippen molar-refractivity contribution in [3.63, 3.8) is 0 Å². The van der Waals surface area contributed by atoms with Crippen molar-refractivity contribution < 1.29 is 0 Å². The Labute approximate surface area is 170 Å². The summed E-state index contributed by atoms with van der Waals surface area (Å²) in [6, 6.07) is 10.4. The van der Waals surface area contributed by atoms with Gasteiger partial charge in [0.2, 0.25) is 11.9 Å². The molecular formula is C17H13Cl4N5. The second kappa shape index (κ2) is 6.82. The van der Waals surface area contributed by atoms with Gasteiger partial charge in [-0.3, -0.25) is 0 Å². The molecule has 1 aliphatic heterocycles. The van der Waals surface area contributed by atoms with E-state index in [4.69, 9.17) is 52.1 Å². The zero-order valence-electron chi connectivity index (χ0n) is 13.3. The van der Waals surface area contributed by atoms with Crippen LogP contribution >= 0.6 is 46.4 Å². The molecule has 0 saturated heterocycles. The molecule has 0 bridgehead atoms. The molecule has 2 unspecified atom stereocenters. The van der Waals surface area contributed by atoms with E-state index in [1.165, 1.54) is 0 Å². The molecule has 2 aromatic carbocycles. The number of benzene rings is 2. The number of nitrogens with zero attached hydrogens (tertiary/aromatic N) is 3. The highest BCUT2D eigenvalue weighted by Crippen LogP contribution is 2.44. The lowest BCUT2D eigenvalue weighted by atomic mass is 9.93. The first-order chi connectivity index (χ1) is 12.4. The van der Waals surface area contributed by atoms with Crippen LogP contribution < -0.4 is 11.1 Å². The number of hydrogen-bond acceptors (Lipinski definition) is 4. The van der Waals surface area contributed by atoms with Gasteiger partial charge in [0.15, 0.2) is 0 Å². The van der Waals surface area contributed by atoms with Crippen LogP contribution in [0, 0.1) is 0 Å². The number of anilines is 2. The number of nitrogens with two attached hydrogens (primary N) is 1. The van der Waals surface area contributed by atoms with E-state index in [9.17, 15) is 0 Å². The van der Waals surface area contributed by atoms with Crippen molar-refractivity contribution in [1.82, 2.24) is 14.8 Å². The molecule has 9 heteroatoms. The Kier molecular flexibility index (Phi) is 4.65. The van der Waals surface area contributed by atoms with Crippen LogP contribution in [0.3, 0.4) is 0 Å². The maximum Gasteiger partial charge on any atom is 0.241 e. The molecule has 3 N–H and O–H groups in total. The summed E-state index contributed by atoms with van der Waals surface area (Å²) in [7, 11) is 0. The van der Waals surface area contributed by atoms with Gasteiger partial charge in [0.1, 0.15) is 0 Å². The van der Waals surface area contributed by atoms with Crippen LogP contribution in [-0.4, -0.2) is 14.8 Å². The maximum absolute atomic E-state index is 6.44. The summed E-state index contributed by atoms with van der Waals surface area (Å²) >= 11 is 25.3. The predicted molar refractivity (Wildman–Crippen MR) is 106 cm³/mol. The molecular weight excluding hydrogens is 416 g/mol. The molecule has 0 amide bonds. The highest BCUT2D eigenvalue weighted by Gasteiger charge is 2.33. The second-order valence-electron chi connectivity index (χ2n) is 5.99. The lowest BCUT2D eigenvalue weighted by Crippen LogP contribution is -2.28. The smallest absolute Gasteiger partial charge is 0.241 e. The first-order valence-electron chi connectivity index (χ1n) is 7.81. The zero-order chi connectivity index (χ0) is 18.4. The summed E-state index contributed by atoms with van der Waals surface area (Å²) in [4.78, 5) is 4.27. The Morgan fingerprint density at radius 1 is 1.04 bits per heavy atom. The van der Waals surface area contributed by atoms with Crippen molar-refractivity contribution in [2.45, 2.75) is 18.5 Å². The molecule has 3 aromatic rings. The van der Waals surface area contributed by atoms with Crippen LogP contribution in [0.4, 0.5) is 11.9 Å². The summed E-state index contributed by atoms with van der Waals surface area (Å²) in [5, 5.41) is 9.90. The van der Waals surface area contributed by atoms with Crippen LogP contribution in [0.2, 0.25) is 20.1 Å². The van der Waals surface area contributed by atoms with E-state index in [0.29, 0.717) is 32.5 Å². The summed E-state index contributed by atoms with van der Waals surface area (Å²) < 4.78 is 1.71. The van der Waals surface area contributed by atoms with Crippen molar-refractivity contribution >= 4 is 58.3 Å². The third-order valence-corrected chi connectivity index (χ3v) is 5.60. The molecule has 0 fully saturated rings. The van der Waals surface area contributed by atoms with E-state index in [-0.39, 0.29) is 18.0 Å². The van der Waals surface area contributed by atoms with Crippen LogP contribution in [0.1, 0.15) is 29.6 Å². The molecule has 0 saturated carbocycles. The molecule has 26 heavy (non-hydrogen) atoms. The van der Waals surface area contributed by atoms with Crippen molar-refractivity contribution in [1.29, 1.82) is 0 Å². The lowest BCUT2D eigenvalue weighted by molar-refractivity contribution is 0.432. The van der Waals surface area contributed by atoms with Crippen molar-refractivity contribution in [3.8, 4) is 0 Å². The SMILES string of the molecule is Nc1nc2n(n1)C(c1c(Cl)cccc1Cl)CC(c1ccc(Cl)cc1Cl)N2. The van der Waals surface area contributed by atoms with E-state index in [0.717, 1.165) is 11.1 Å². The Bertz CT molecular complexity index is 967. The fourth-order valence-corrected chi connectivity index (χ4v) is 4.44. The number of hydrogen-bond donors (Lipinski definition) is 2. The Balaban J connectivity index is 1.83. The van der Waals surface area contributed by atoms with Crippen LogP contribution in [0.15, 0.2) is 36.4 Å². The first-order valence-corrected chi connectivity index (χ1v) is 9.32. The Hall–Kier alpha value is -1.66. The van der Waals surface area contributed by atoms with Gasteiger partial charge in [0.25, 0.3) is 0 Å². The molecule has 4 rings (SSSR count). The minimum Gasteiger partial charge on any atom is -0.366 e. The van der Waals surface area contributed by atoms with Gasteiger partial charge in [-0.05, 0) is 36.2 Å². The number of nitrogens with one attached hydrogen (secondary N) is 1. The van der Waals surface area contributed by atoms with Gasteiger partial charge in [-0.15, -0.1) is 5.10 Å². The van der Waals surface area contributed by atoms with E-state index in [1.54, 1.807) is 35.0 Å². The largest absolute Gasteiger partial charge is 0.366 e. The fourth-order valence-electron chi connectivity index (χ4n) is 3.25. The fraction of sp³-hybridized carbons (Fsp3) is 0.176. The number of halogens is 4. The number of rotatable bonds is 2. The molecule has 0 aliphatic carbocycles. The normalized spacial score (nSPS) is 19.1. The molecule has 0 radical (unpaired) electrons. The van der Waals surface area contributed by atoms with Gasteiger partial charge in [-0.25, -0.2) is 4.68 Å². The number of nitrogen functional groups attached to an aromatic ring is 1. The van der Waals surface area contributed by atoms with Gasteiger partial charge in [0.05, 0.1) is 12.1 Å². The summed E-state index contributed by atoms with van der Waals surface area (Å²) in [5.41, 5.74) is 7.49. The average molecular weight is 429 g/mol. The third-order valence-electron chi connectivity index (χ3n) is 4.38. The number of fused-ring (bicyclic) bond motifs is 1. The Morgan fingerprint density at radius 2 is 1.77 bits per heavy atom. The van der Waals surface area contributed by atoms with Gasteiger partial charge in [0, 0.05) is 25.7 Å². The van der Waals surface area contributed by atoms with Crippen LogP contribution in [0.5, 0.6) is 0 Å². The van der Waals surface area contributed by atoms with Crippen LogP contribution in [-0.2, 0) is 0 Å². The van der Waals surface area contributed by atoms with E-state index in [1.807, 2.05) is 6.07 Å².